The Morgan fingerprint density at radius 3 is 2.61 bits per heavy atom. The number of amides is 1. The summed E-state index contributed by atoms with van der Waals surface area (Å²) in [6.45, 7) is 6.74. The molecule has 0 aromatic carbocycles. The van der Waals surface area contributed by atoms with E-state index in [9.17, 15) is 14.4 Å². The Labute approximate surface area is 136 Å². The van der Waals surface area contributed by atoms with Crippen molar-refractivity contribution in [3.05, 3.63) is 22.5 Å². The number of carbonyl (C=O) groups excluding carboxylic acids is 3. The number of ketones is 1. The number of hydrogen-bond acceptors (Lipinski definition) is 4. The zero-order valence-corrected chi connectivity index (χ0v) is 14.2. The molecule has 1 aliphatic heterocycles. The van der Waals surface area contributed by atoms with Crippen molar-refractivity contribution in [3.63, 3.8) is 0 Å². The molecule has 1 saturated heterocycles. The molecule has 0 radical (unpaired) electrons. The van der Waals surface area contributed by atoms with Crippen LogP contribution in [0.15, 0.2) is 0 Å². The van der Waals surface area contributed by atoms with E-state index in [1.54, 1.807) is 6.92 Å². The number of ether oxygens (including phenoxy) is 1. The number of esters is 1. The summed E-state index contributed by atoms with van der Waals surface area (Å²) in [5, 5.41) is 0. The molecule has 0 unspecified atom stereocenters. The molecule has 1 aromatic rings. The third-order valence-corrected chi connectivity index (χ3v) is 4.41. The Kier molecular flexibility index (Phi) is 5.23. The lowest BCUT2D eigenvalue weighted by Gasteiger charge is -2.31. The van der Waals surface area contributed by atoms with Gasteiger partial charge in [0.05, 0.1) is 24.8 Å². The van der Waals surface area contributed by atoms with Crippen molar-refractivity contribution in [2.45, 2.75) is 40.0 Å². The van der Waals surface area contributed by atoms with Crippen LogP contribution in [0.4, 0.5) is 0 Å². The number of Topliss-reactive ketones (excluding diaryl/α,β-unsaturated/α-hetero) is 1. The fourth-order valence-electron chi connectivity index (χ4n) is 3.20. The highest BCUT2D eigenvalue weighted by Gasteiger charge is 2.27. The Morgan fingerprint density at radius 1 is 1.35 bits per heavy atom. The van der Waals surface area contributed by atoms with Gasteiger partial charge in [-0.3, -0.25) is 9.59 Å². The standard InChI is InChI=1S/C17H24N2O4/c1-10-6-5-7-19(9-10)14(21)8-13-15(17(22)23-4)11(2)16(18-13)12(3)20/h10,18H,5-9H2,1-4H3/t10-/m1/s1. The highest BCUT2D eigenvalue weighted by molar-refractivity contribution is 6.01. The first-order chi connectivity index (χ1) is 10.8. The largest absolute Gasteiger partial charge is 0.465 e. The molecule has 0 bridgehead atoms. The number of aromatic nitrogens is 1. The molecular weight excluding hydrogens is 296 g/mol. The minimum atomic E-state index is -0.527. The highest BCUT2D eigenvalue weighted by Crippen LogP contribution is 2.22. The first kappa shape index (κ1) is 17.2. The molecule has 6 nitrogen and oxygen atoms in total. The molecule has 1 aromatic heterocycles. The van der Waals surface area contributed by atoms with E-state index in [1.807, 2.05) is 4.90 Å². The van der Waals surface area contributed by atoms with E-state index in [2.05, 4.69) is 11.9 Å². The number of carbonyl (C=O) groups is 3. The lowest BCUT2D eigenvalue weighted by atomic mass is 9.99. The molecule has 1 fully saturated rings. The minimum absolute atomic E-state index is 0.0296. The van der Waals surface area contributed by atoms with Gasteiger partial charge < -0.3 is 14.6 Å². The monoisotopic (exact) mass is 320 g/mol. The lowest BCUT2D eigenvalue weighted by Crippen LogP contribution is -2.40. The fourth-order valence-corrected chi connectivity index (χ4v) is 3.20. The van der Waals surface area contributed by atoms with E-state index in [0.717, 1.165) is 25.9 Å². The maximum Gasteiger partial charge on any atom is 0.339 e. The molecule has 0 spiro atoms. The smallest absolute Gasteiger partial charge is 0.339 e. The van der Waals surface area contributed by atoms with Crippen molar-refractivity contribution in [1.82, 2.24) is 9.88 Å². The summed E-state index contributed by atoms with van der Waals surface area (Å²) >= 11 is 0. The molecule has 6 heteroatoms. The van der Waals surface area contributed by atoms with Crippen LogP contribution in [-0.2, 0) is 16.0 Å². The second-order valence-electron chi connectivity index (χ2n) is 6.29. The number of H-pyrrole nitrogens is 1. The van der Waals surface area contributed by atoms with E-state index < -0.39 is 5.97 Å². The van der Waals surface area contributed by atoms with Gasteiger partial charge in [0, 0.05) is 25.7 Å². The summed E-state index contributed by atoms with van der Waals surface area (Å²) in [4.78, 5) is 41.0. The number of nitrogens with one attached hydrogen (secondary N) is 1. The second kappa shape index (κ2) is 6.98. The Bertz CT molecular complexity index is 633. The maximum atomic E-state index is 12.5. The van der Waals surface area contributed by atoms with E-state index in [0.29, 0.717) is 28.4 Å². The molecule has 23 heavy (non-hydrogen) atoms. The molecule has 126 valence electrons. The van der Waals surface area contributed by atoms with Gasteiger partial charge in [-0.25, -0.2) is 4.79 Å². The van der Waals surface area contributed by atoms with E-state index in [4.69, 9.17) is 4.74 Å². The fraction of sp³-hybridized carbons (Fsp3) is 0.588. The molecular formula is C17H24N2O4. The summed E-state index contributed by atoms with van der Waals surface area (Å²) in [5.41, 5.74) is 1.67. The Balaban J connectivity index is 2.27. The molecule has 2 rings (SSSR count). The average molecular weight is 320 g/mol. The van der Waals surface area contributed by atoms with Gasteiger partial charge in [0.2, 0.25) is 5.91 Å². The highest BCUT2D eigenvalue weighted by atomic mass is 16.5. The quantitative estimate of drug-likeness (QED) is 0.681. The van der Waals surface area contributed by atoms with E-state index in [-0.39, 0.29) is 18.1 Å². The predicted molar refractivity (Wildman–Crippen MR) is 85.6 cm³/mol. The number of likely N-dealkylation sites (tertiary alicyclic amines) is 1. The number of piperidine rings is 1. The predicted octanol–water partition coefficient (Wildman–Crippen LogP) is 2.11. The van der Waals surface area contributed by atoms with Crippen molar-refractivity contribution < 1.29 is 19.1 Å². The van der Waals surface area contributed by atoms with Crippen molar-refractivity contribution >= 4 is 17.7 Å². The molecule has 1 amide bonds. The lowest BCUT2D eigenvalue weighted by molar-refractivity contribution is -0.132. The van der Waals surface area contributed by atoms with Gasteiger partial charge in [0.25, 0.3) is 0 Å². The van der Waals surface area contributed by atoms with Crippen LogP contribution in [0.3, 0.4) is 0 Å². The van der Waals surface area contributed by atoms with Crippen LogP contribution in [0, 0.1) is 12.8 Å². The minimum Gasteiger partial charge on any atom is -0.465 e. The van der Waals surface area contributed by atoms with Crippen molar-refractivity contribution in [1.29, 1.82) is 0 Å². The van der Waals surface area contributed by atoms with Crippen LogP contribution in [0.25, 0.3) is 0 Å². The van der Waals surface area contributed by atoms with Gasteiger partial charge in [0.15, 0.2) is 5.78 Å². The average Bonchev–Trinajstić information content (AvgIpc) is 2.83. The third kappa shape index (κ3) is 3.63. The maximum absolute atomic E-state index is 12.5. The van der Waals surface area contributed by atoms with Crippen molar-refractivity contribution in [2.24, 2.45) is 5.92 Å². The summed E-state index contributed by atoms with van der Waals surface area (Å²) in [6, 6.07) is 0. The zero-order chi connectivity index (χ0) is 17.1. The molecule has 0 aliphatic carbocycles. The van der Waals surface area contributed by atoms with Gasteiger partial charge in [-0.1, -0.05) is 6.92 Å². The molecule has 0 saturated carbocycles. The molecule has 1 atom stereocenters. The van der Waals surface area contributed by atoms with Crippen molar-refractivity contribution in [3.8, 4) is 0 Å². The topological polar surface area (TPSA) is 79.5 Å². The van der Waals surface area contributed by atoms with Gasteiger partial charge in [0.1, 0.15) is 0 Å². The first-order valence-corrected chi connectivity index (χ1v) is 7.93. The molecule has 2 heterocycles. The number of nitrogens with zero attached hydrogens (tertiary/aromatic N) is 1. The third-order valence-electron chi connectivity index (χ3n) is 4.41. The number of hydrogen-bond donors (Lipinski definition) is 1. The van der Waals surface area contributed by atoms with Crippen LogP contribution in [0.5, 0.6) is 0 Å². The molecule has 1 aliphatic rings. The summed E-state index contributed by atoms with van der Waals surface area (Å²) in [6.07, 6.45) is 2.21. The summed E-state index contributed by atoms with van der Waals surface area (Å²) < 4.78 is 4.80. The van der Waals surface area contributed by atoms with Crippen LogP contribution >= 0.6 is 0 Å². The van der Waals surface area contributed by atoms with Gasteiger partial charge in [-0.2, -0.15) is 0 Å². The Morgan fingerprint density at radius 2 is 2.04 bits per heavy atom. The van der Waals surface area contributed by atoms with Crippen molar-refractivity contribution in [2.75, 3.05) is 20.2 Å². The van der Waals surface area contributed by atoms with Gasteiger partial charge in [-0.15, -0.1) is 0 Å². The summed E-state index contributed by atoms with van der Waals surface area (Å²) in [5.74, 6) is -0.233. The molecule has 1 N–H and O–H groups in total. The second-order valence-corrected chi connectivity index (χ2v) is 6.29. The zero-order valence-electron chi connectivity index (χ0n) is 14.2. The van der Waals surface area contributed by atoms with Crippen LogP contribution in [0.1, 0.15) is 58.8 Å². The van der Waals surface area contributed by atoms with Crippen LogP contribution in [0.2, 0.25) is 0 Å². The number of rotatable bonds is 4. The SMILES string of the molecule is COC(=O)c1c(CC(=O)N2CCC[C@@H](C)C2)[nH]c(C(C)=O)c1C. The van der Waals surface area contributed by atoms with Crippen LogP contribution in [-0.4, -0.2) is 47.7 Å². The van der Waals surface area contributed by atoms with Gasteiger partial charge >= 0.3 is 5.97 Å². The van der Waals surface area contributed by atoms with Crippen LogP contribution < -0.4 is 0 Å². The first-order valence-electron chi connectivity index (χ1n) is 7.93. The van der Waals surface area contributed by atoms with E-state index in [1.165, 1.54) is 14.0 Å². The Hall–Kier alpha value is -2.11. The van der Waals surface area contributed by atoms with Gasteiger partial charge in [-0.05, 0) is 31.2 Å². The number of methoxy groups -OCH3 is 1. The normalized spacial score (nSPS) is 17.9. The number of aromatic amines is 1. The summed E-state index contributed by atoms with van der Waals surface area (Å²) in [7, 11) is 1.29. The van der Waals surface area contributed by atoms with E-state index >= 15 is 0 Å².